The van der Waals surface area contributed by atoms with Crippen LogP contribution >= 0.6 is 15.9 Å². The first-order chi connectivity index (χ1) is 10.6. The van der Waals surface area contributed by atoms with Crippen molar-refractivity contribution in [2.24, 2.45) is 0 Å². The lowest BCUT2D eigenvalue weighted by molar-refractivity contribution is 0.0880. The molecule has 7 heteroatoms. The third kappa shape index (κ3) is 1.27. The summed E-state index contributed by atoms with van der Waals surface area (Å²) in [6.45, 7) is 0. The second-order valence-corrected chi connectivity index (χ2v) is 6.14. The number of hydrogen-bond donors (Lipinski definition) is 3. The van der Waals surface area contributed by atoms with Crippen LogP contribution < -0.4 is 5.32 Å². The zero-order valence-electron chi connectivity index (χ0n) is 11.0. The number of aromatic amines is 2. The predicted octanol–water partition coefficient (Wildman–Crippen LogP) is 2.84. The highest BCUT2D eigenvalue weighted by Crippen LogP contribution is 2.38. The van der Waals surface area contributed by atoms with Crippen molar-refractivity contribution in [3.63, 3.8) is 0 Å². The van der Waals surface area contributed by atoms with Crippen molar-refractivity contribution in [2.75, 3.05) is 0 Å². The maximum absolute atomic E-state index is 12.3. The van der Waals surface area contributed by atoms with Gasteiger partial charge in [0.1, 0.15) is 5.52 Å². The molecule has 0 aliphatic carbocycles. The molecule has 22 heavy (non-hydrogen) atoms. The molecule has 0 spiro atoms. The van der Waals surface area contributed by atoms with Crippen LogP contribution in [0.1, 0.15) is 20.7 Å². The lowest BCUT2D eigenvalue weighted by Crippen LogP contribution is -2.20. The van der Waals surface area contributed by atoms with E-state index in [1.54, 1.807) is 0 Å². The second kappa shape index (κ2) is 3.75. The van der Waals surface area contributed by atoms with Crippen molar-refractivity contribution in [2.45, 2.75) is 0 Å². The lowest BCUT2D eigenvalue weighted by Gasteiger charge is -2.00. The molecule has 3 N–H and O–H groups in total. The summed E-state index contributed by atoms with van der Waals surface area (Å²) in [5.74, 6) is -0.774. The maximum Gasteiger partial charge on any atom is 0.261 e. The average molecular weight is 355 g/mol. The van der Waals surface area contributed by atoms with Gasteiger partial charge in [-0.25, -0.2) is 4.98 Å². The number of aromatic nitrogens is 3. The minimum absolute atomic E-state index is 0.345. The van der Waals surface area contributed by atoms with Gasteiger partial charge in [0.05, 0.1) is 28.5 Å². The molecule has 2 aromatic carbocycles. The summed E-state index contributed by atoms with van der Waals surface area (Å²) in [6.07, 6.45) is 1.53. The van der Waals surface area contributed by atoms with E-state index in [9.17, 15) is 9.59 Å². The van der Waals surface area contributed by atoms with Crippen molar-refractivity contribution in [3.8, 4) is 0 Å². The van der Waals surface area contributed by atoms with Gasteiger partial charge < -0.3 is 9.97 Å². The highest BCUT2D eigenvalue weighted by molar-refractivity contribution is 9.10. The summed E-state index contributed by atoms with van der Waals surface area (Å²) in [6, 6.07) is 5.78. The van der Waals surface area contributed by atoms with E-state index in [0.717, 1.165) is 31.8 Å². The normalized spacial score (nSPS) is 14.2. The van der Waals surface area contributed by atoms with Crippen molar-refractivity contribution in [1.82, 2.24) is 20.3 Å². The maximum atomic E-state index is 12.3. The van der Waals surface area contributed by atoms with Gasteiger partial charge in [-0.1, -0.05) is 22.0 Å². The number of fused-ring (bicyclic) bond motifs is 8. The van der Waals surface area contributed by atoms with Gasteiger partial charge in [-0.2, -0.15) is 0 Å². The number of nitrogens with zero attached hydrogens (tertiary/aromatic N) is 1. The summed E-state index contributed by atoms with van der Waals surface area (Å²) >= 11 is 3.44. The number of hydrogen-bond acceptors (Lipinski definition) is 3. The fourth-order valence-electron chi connectivity index (χ4n) is 3.21. The van der Waals surface area contributed by atoms with Crippen molar-refractivity contribution in [1.29, 1.82) is 0 Å². The predicted molar refractivity (Wildman–Crippen MR) is 85.0 cm³/mol. The topological polar surface area (TPSA) is 90.6 Å². The van der Waals surface area contributed by atoms with Gasteiger partial charge in [-0.3, -0.25) is 14.9 Å². The van der Waals surface area contributed by atoms with Gasteiger partial charge in [-0.15, -0.1) is 0 Å². The van der Waals surface area contributed by atoms with Crippen LogP contribution in [0.3, 0.4) is 0 Å². The van der Waals surface area contributed by atoms with Crippen LogP contribution in [0.2, 0.25) is 0 Å². The Labute approximate surface area is 131 Å². The number of benzene rings is 2. The smallest absolute Gasteiger partial charge is 0.261 e. The minimum Gasteiger partial charge on any atom is -0.353 e. The third-order valence-corrected chi connectivity index (χ3v) is 4.56. The zero-order valence-corrected chi connectivity index (χ0v) is 12.5. The molecular formula is C15H7BrN4O2. The molecule has 5 rings (SSSR count). The largest absolute Gasteiger partial charge is 0.353 e. The van der Waals surface area contributed by atoms with Crippen LogP contribution in [0.4, 0.5) is 0 Å². The quantitative estimate of drug-likeness (QED) is 0.424. The fraction of sp³-hybridized carbons (Fsp3) is 0. The third-order valence-electron chi connectivity index (χ3n) is 4.07. The van der Waals surface area contributed by atoms with Gasteiger partial charge in [0, 0.05) is 20.8 Å². The Morgan fingerprint density at radius 3 is 2.73 bits per heavy atom. The number of imidazole rings is 1. The summed E-state index contributed by atoms with van der Waals surface area (Å²) in [5.41, 5.74) is 3.65. The number of amides is 2. The molecule has 6 nitrogen and oxygen atoms in total. The Morgan fingerprint density at radius 2 is 1.86 bits per heavy atom. The van der Waals surface area contributed by atoms with Gasteiger partial charge in [0.15, 0.2) is 0 Å². The lowest BCUT2D eigenvalue weighted by atomic mass is 10.0. The molecule has 2 amide bonds. The molecule has 3 heterocycles. The van der Waals surface area contributed by atoms with Crippen LogP contribution in [0.25, 0.3) is 32.8 Å². The molecule has 1 aliphatic rings. The standard InChI is InChI=1S/C15H7BrN4O2/c16-5-1-2-6-7(3-5)19-12-8(6)9-10(15(22)20-14(9)21)11-13(12)18-4-17-11/h1-4,19H,(H,17,18)(H,20,21,22). The number of H-pyrrole nitrogens is 2. The Kier molecular flexibility index (Phi) is 2.03. The summed E-state index contributed by atoms with van der Waals surface area (Å²) in [4.78, 5) is 35.0. The molecule has 106 valence electrons. The number of halogens is 1. The minimum atomic E-state index is -0.398. The molecular weight excluding hydrogens is 348 g/mol. The first-order valence-corrected chi connectivity index (χ1v) is 7.40. The van der Waals surface area contributed by atoms with Crippen molar-refractivity contribution < 1.29 is 9.59 Å². The Hall–Kier alpha value is -2.67. The molecule has 0 atom stereocenters. The van der Waals surface area contributed by atoms with E-state index in [-0.39, 0.29) is 5.91 Å². The Morgan fingerprint density at radius 1 is 1.05 bits per heavy atom. The van der Waals surface area contributed by atoms with Crippen LogP contribution in [0.5, 0.6) is 0 Å². The number of rotatable bonds is 0. The number of carbonyl (C=O) groups is 2. The number of carbonyl (C=O) groups excluding carboxylic acids is 2. The number of nitrogens with one attached hydrogen (secondary N) is 3. The van der Waals surface area contributed by atoms with Crippen LogP contribution in [0, 0.1) is 0 Å². The monoisotopic (exact) mass is 354 g/mol. The van der Waals surface area contributed by atoms with Gasteiger partial charge in [0.2, 0.25) is 0 Å². The second-order valence-electron chi connectivity index (χ2n) is 5.22. The zero-order chi connectivity index (χ0) is 15.0. The molecule has 0 radical (unpaired) electrons. The van der Waals surface area contributed by atoms with Gasteiger partial charge in [0.25, 0.3) is 11.8 Å². The first kappa shape index (κ1) is 11.9. The van der Waals surface area contributed by atoms with E-state index in [2.05, 4.69) is 36.2 Å². The summed E-state index contributed by atoms with van der Waals surface area (Å²) in [5, 5.41) is 4.01. The highest BCUT2D eigenvalue weighted by Gasteiger charge is 2.34. The molecule has 0 fully saturated rings. The van der Waals surface area contributed by atoms with Gasteiger partial charge >= 0.3 is 0 Å². The molecule has 0 saturated carbocycles. The van der Waals surface area contributed by atoms with E-state index in [0.29, 0.717) is 16.6 Å². The Bertz CT molecular complexity index is 1150. The summed E-state index contributed by atoms with van der Waals surface area (Å²) in [7, 11) is 0. The van der Waals surface area contributed by atoms with Crippen molar-refractivity contribution in [3.05, 3.63) is 40.1 Å². The molecule has 0 saturated heterocycles. The van der Waals surface area contributed by atoms with Crippen LogP contribution in [-0.4, -0.2) is 26.8 Å². The van der Waals surface area contributed by atoms with E-state index in [4.69, 9.17) is 0 Å². The molecule has 1 aliphatic heterocycles. The molecule has 0 bridgehead atoms. The SMILES string of the molecule is O=C1NC(=O)c2c1c1nc[nH]c1c1[nH]c3cc(Br)ccc3c21. The number of imide groups is 1. The van der Waals surface area contributed by atoms with Crippen LogP contribution in [0.15, 0.2) is 29.0 Å². The van der Waals surface area contributed by atoms with Crippen molar-refractivity contribution >= 4 is 60.6 Å². The molecule has 4 aromatic rings. The average Bonchev–Trinajstić information content (AvgIpc) is 3.13. The van der Waals surface area contributed by atoms with Gasteiger partial charge in [-0.05, 0) is 12.1 Å². The highest BCUT2D eigenvalue weighted by atomic mass is 79.9. The Balaban J connectivity index is 2.16. The molecule has 2 aromatic heterocycles. The van der Waals surface area contributed by atoms with E-state index in [1.165, 1.54) is 6.33 Å². The fourth-order valence-corrected chi connectivity index (χ4v) is 3.57. The van der Waals surface area contributed by atoms with Crippen LogP contribution in [-0.2, 0) is 0 Å². The van der Waals surface area contributed by atoms with E-state index < -0.39 is 5.91 Å². The molecule has 0 unspecified atom stereocenters. The first-order valence-electron chi connectivity index (χ1n) is 6.61. The summed E-state index contributed by atoms with van der Waals surface area (Å²) < 4.78 is 0.935. The van der Waals surface area contributed by atoms with E-state index >= 15 is 0 Å². The van der Waals surface area contributed by atoms with E-state index in [1.807, 2.05) is 18.2 Å².